The minimum Gasteiger partial charge on any atom is -0.366 e. The molecular weight excluding hydrogens is 112 g/mol. The molecule has 0 spiro atoms. The van der Waals surface area contributed by atoms with Crippen LogP contribution in [0.25, 0.3) is 0 Å². The number of hydrogen-bond acceptors (Lipinski definition) is 1. The molecule has 0 aromatic heterocycles. The molecule has 0 N–H and O–H groups in total. The molecule has 1 rings (SSSR count). The summed E-state index contributed by atoms with van der Waals surface area (Å²) < 4.78 is 5.47. The van der Waals surface area contributed by atoms with Crippen molar-refractivity contribution in [2.45, 2.75) is 46.3 Å². The van der Waals surface area contributed by atoms with E-state index in [2.05, 4.69) is 34.6 Å². The van der Waals surface area contributed by atoms with Gasteiger partial charge in [-0.05, 0) is 19.3 Å². The van der Waals surface area contributed by atoms with Crippen molar-refractivity contribution in [3.8, 4) is 0 Å². The maximum Gasteiger partial charge on any atom is 0.0965 e. The fraction of sp³-hybridized carbons (Fsp3) is 1.00. The zero-order valence-corrected chi connectivity index (χ0v) is 6.99. The van der Waals surface area contributed by atoms with Crippen LogP contribution in [0, 0.1) is 5.41 Å². The van der Waals surface area contributed by atoms with E-state index >= 15 is 0 Å². The summed E-state index contributed by atoms with van der Waals surface area (Å²) in [5, 5.41) is 0. The van der Waals surface area contributed by atoms with Gasteiger partial charge in [0.1, 0.15) is 0 Å². The van der Waals surface area contributed by atoms with Gasteiger partial charge in [-0.15, -0.1) is 0 Å². The lowest BCUT2D eigenvalue weighted by atomic mass is 9.80. The molecule has 1 aliphatic heterocycles. The summed E-state index contributed by atoms with van der Waals surface area (Å²) in [4.78, 5) is 0. The zero-order chi connectivity index (χ0) is 7.28. The van der Waals surface area contributed by atoms with Crippen molar-refractivity contribution in [3.05, 3.63) is 0 Å². The van der Waals surface area contributed by atoms with E-state index in [9.17, 15) is 0 Å². The van der Waals surface area contributed by atoms with Crippen LogP contribution >= 0.6 is 0 Å². The third kappa shape index (κ3) is 0.877. The Kier molecular flexibility index (Phi) is 1.19. The average Bonchev–Trinajstić information content (AvgIpc) is 2.13. The van der Waals surface area contributed by atoms with E-state index < -0.39 is 0 Å². The molecule has 0 aliphatic carbocycles. The normalized spacial score (nSPS) is 43.0. The molecule has 0 aromatic carbocycles. The first-order valence-corrected chi connectivity index (χ1v) is 3.56. The van der Waals surface area contributed by atoms with Gasteiger partial charge in [0, 0.05) is 0 Å². The molecular formula is C8H16O. The lowest BCUT2D eigenvalue weighted by Crippen LogP contribution is -2.28. The third-order valence-electron chi connectivity index (χ3n) is 2.63. The van der Waals surface area contributed by atoms with E-state index in [-0.39, 0.29) is 5.60 Å². The van der Waals surface area contributed by atoms with Gasteiger partial charge in [0.25, 0.3) is 0 Å². The van der Waals surface area contributed by atoms with Crippen molar-refractivity contribution in [3.63, 3.8) is 0 Å². The van der Waals surface area contributed by atoms with E-state index in [1.54, 1.807) is 0 Å². The van der Waals surface area contributed by atoms with Gasteiger partial charge in [-0.2, -0.15) is 0 Å². The third-order valence-corrected chi connectivity index (χ3v) is 2.63. The summed E-state index contributed by atoms with van der Waals surface area (Å²) in [5.74, 6) is 0. The summed E-state index contributed by atoms with van der Waals surface area (Å²) in [6.45, 7) is 11.0. The van der Waals surface area contributed by atoms with Crippen LogP contribution in [0.1, 0.15) is 34.6 Å². The van der Waals surface area contributed by atoms with Gasteiger partial charge in [-0.25, -0.2) is 0 Å². The van der Waals surface area contributed by atoms with Gasteiger partial charge in [0.15, 0.2) is 0 Å². The molecule has 54 valence electrons. The van der Waals surface area contributed by atoms with Gasteiger partial charge >= 0.3 is 0 Å². The van der Waals surface area contributed by atoms with E-state index in [0.717, 1.165) is 0 Å². The SMILES string of the molecule is CC1O[C@]1(C)C(C)(C)C. The molecule has 0 aromatic rings. The molecule has 1 fully saturated rings. The molecule has 0 radical (unpaired) electrons. The molecule has 1 nitrogen and oxygen atoms in total. The fourth-order valence-corrected chi connectivity index (χ4v) is 1.12. The summed E-state index contributed by atoms with van der Waals surface area (Å²) in [7, 11) is 0. The topological polar surface area (TPSA) is 12.5 Å². The van der Waals surface area contributed by atoms with Crippen LogP contribution in [0.2, 0.25) is 0 Å². The highest BCUT2D eigenvalue weighted by molar-refractivity contribution is 5.04. The lowest BCUT2D eigenvalue weighted by molar-refractivity contribution is 0.173. The monoisotopic (exact) mass is 128 g/mol. The van der Waals surface area contributed by atoms with Crippen LogP contribution in [-0.4, -0.2) is 11.7 Å². The maximum absolute atomic E-state index is 5.47. The Hall–Kier alpha value is -0.0400. The van der Waals surface area contributed by atoms with Crippen LogP contribution in [0.15, 0.2) is 0 Å². The minimum atomic E-state index is 0.146. The van der Waals surface area contributed by atoms with Gasteiger partial charge in [-0.1, -0.05) is 20.8 Å². The molecule has 9 heavy (non-hydrogen) atoms. The highest BCUT2D eigenvalue weighted by Gasteiger charge is 2.56. The van der Waals surface area contributed by atoms with E-state index in [1.165, 1.54) is 0 Å². The molecule has 0 bridgehead atoms. The Morgan fingerprint density at radius 3 is 1.67 bits per heavy atom. The van der Waals surface area contributed by atoms with Crippen LogP contribution in [0.4, 0.5) is 0 Å². The van der Waals surface area contributed by atoms with Gasteiger partial charge < -0.3 is 4.74 Å². The highest BCUT2D eigenvalue weighted by atomic mass is 16.6. The van der Waals surface area contributed by atoms with Gasteiger partial charge in [0.2, 0.25) is 0 Å². The molecule has 1 aliphatic rings. The first-order chi connectivity index (χ1) is 3.88. The molecule has 1 heterocycles. The molecule has 0 saturated carbocycles. The number of rotatable bonds is 0. The second kappa shape index (κ2) is 1.51. The smallest absolute Gasteiger partial charge is 0.0965 e. The van der Waals surface area contributed by atoms with Crippen LogP contribution in [-0.2, 0) is 4.74 Å². The van der Waals surface area contributed by atoms with E-state index in [0.29, 0.717) is 11.5 Å². The highest BCUT2D eigenvalue weighted by Crippen LogP contribution is 2.49. The molecule has 2 atom stereocenters. The van der Waals surface area contributed by atoms with Crippen molar-refractivity contribution in [1.82, 2.24) is 0 Å². The Bertz CT molecular complexity index is 123. The average molecular weight is 128 g/mol. The van der Waals surface area contributed by atoms with Gasteiger partial charge in [-0.3, -0.25) is 0 Å². The van der Waals surface area contributed by atoms with Gasteiger partial charge in [0.05, 0.1) is 11.7 Å². The predicted octanol–water partition coefficient (Wildman–Crippen LogP) is 2.21. The lowest BCUT2D eigenvalue weighted by Gasteiger charge is -2.23. The first-order valence-electron chi connectivity index (χ1n) is 3.56. The number of epoxide rings is 1. The maximum atomic E-state index is 5.47. The minimum absolute atomic E-state index is 0.146. The van der Waals surface area contributed by atoms with Crippen molar-refractivity contribution in [2.75, 3.05) is 0 Å². The summed E-state index contributed by atoms with van der Waals surface area (Å²) in [5.41, 5.74) is 0.444. The van der Waals surface area contributed by atoms with Crippen molar-refractivity contribution >= 4 is 0 Å². The Labute approximate surface area is 57.4 Å². The van der Waals surface area contributed by atoms with E-state index in [1.807, 2.05) is 0 Å². The van der Waals surface area contributed by atoms with Crippen LogP contribution < -0.4 is 0 Å². The molecule has 1 unspecified atom stereocenters. The largest absolute Gasteiger partial charge is 0.366 e. The Balaban J connectivity index is 2.64. The standard InChI is InChI=1S/C8H16O/c1-6-8(5,9-6)7(2,3)4/h6H,1-5H3/t6?,8-/m0/s1. The Morgan fingerprint density at radius 1 is 1.33 bits per heavy atom. The molecule has 1 saturated heterocycles. The van der Waals surface area contributed by atoms with Crippen LogP contribution in [0.3, 0.4) is 0 Å². The van der Waals surface area contributed by atoms with Crippen LogP contribution in [0.5, 0.6) is 0 Å². The zero-order valence-electron chi connectivity index (χ0n) is 6.99. The number of ether oxygens (including phenoxy) is 1. The predicted molar refractivity (Wildman–Crippen MR) is 38.4 cm³/mol. The quantitative estimate of drug-likeness (QED) is 0.456. The fourth-order valence-electron chi connectivity index (χ4n) is 1.12. The van der Waals surface area contributed by atoms with Crippen molar-refractivity contribution < 1.29 is 4.74 Å². The number of hydrogen-bond donors (Lipinski definition) is 0. The summed E-state index contributed by atoms with van der Waals surface area (Å²) in [6.07, 6.45) is 0.456. The van der Waals surface area contributed by atoms with E-state index in [4.69, 9.17) is 4.74 Å². The second-order valence-corrected chi connectivity index (χ2v) is 4.12. The van der Waals surface area contributed by atoms with Crippen molar-refractivity contribution in [1.29, 1.82) is 0 Å². The first kappa shape index (κ1) is 7.07. The summed E-state index contributed by atoms with van der Waals surface area (Å²) in [6, 6.07) is 0. The Morgan fingerprint density at radius 2 is 1.67 bits per heavy atom. The molecule has 0 amide bonds. The van der Waals surface area contributed by atoms with Crippen molar-refractivity contribution in [2.24, 2.45) is 5.41 Å². The second-order valence-electron chi connectivity index (χ2n) is 4.12. The summed E-state index contributed by atoms with van der Waals surface area (Å²) >= 11 is 0. The molecule has 1 heteroatoms.